The SMILES string of the molecule is CCCC[C@H](c1ccc(C(=O)OC)cc1)N1C(=O)C(c2ccc(-c3c(Cl)cccc3Cl)cc2)=NC12CCCCC2.CCCC[C@H](c1ccc(C(=O)OC)cc1)N1C(=O)C(c2ccc(Br)cc2)=NC12CCCCC2.OB(O)c1c(Cl)cccc1Cl. The van der Waals surface area contributed by atoms with Crippen LogP contribution in [0.25, 0.3) is 11.1 Å². The van der Waals surface area contributed by atoms with Crippen molar-refractivity contribution >= 4 is 110 Å². The van der Waals surface area contributed by atoms with Crippen molar-refractivity contribution in [1.29, 1.82) is 0 Å². The topological polar surface area (TPSA) is 158 Å². The molecule has 2 atom stereocenters. The predicted molar refractivity (Wildman–Crippen MR) is 341 cm³/mol. The number of carbonyl (C=O) groups is 4. The summed E-state index contributed by atoms with van der Waals surface area (Å²) in [6, 6.07) is 40.6. The molecule has 84 heavy (non-hydrogen) atoms. The summed E-state index contributed by atoms with van der Waals surface area (Å²) in [4.78, 5) is 66.8. The van der Waals surface area contributed by atoms with E-state index in [0.717, 1.165) is 134 Å². The van der Waals surface area contributed by atoms with E-state index >= 15 is 0 Å². The third-order valence-corrected chi connectivity index (χ3v) is 18.0. The standard InChI is InChI=1S/C33H34Cl2N2O3.C27H31BrN2O3.C6H5BCl2O2/c1-3-4-11-28(22-12-18-25(19-13-22)32(39)40-2)37-31(38)30(36-33(37)20-6-5-7-21-33)24-16-14-23(15-17-24)29-26(34)9-8-10-27(29)35;1-3-4-8-23(19-9-11-21(12-10-19)26(32)33-2)30-25(31)24(20-13-15-22(28)16-14-20)29-27(30)17-6-5-7-18-27;8-4-2-1-3-5(9)6(4)7(10)11/h8-10,12-19,28H,3-7,11,20-21H2,1-2H3;9-16,23H,3-8,17-18H2,1-2H3;1-3,10-11H/t28-;23-;/m11./s1. The Kier molecular flexibility index (Phi) is 22.5. The molecular formula is C66H70BBrCl4N4O8. The van der Waals surface area contributed by atoms with Gasteiger partial charge in [0.1, 0.15) is 22.7 Å². The van der Waals surface area contributed by atoms with Crippen molar-refractivity contribution in [2.75, 3.05) is 14.2 Å². The largest absolute Gasteiger partial charge is 0.491 e. The number of benzene rings is 6. The summed E-state index contributed by atoms with van der Waals surface area (Å²) < 4.78 is 10.7. The molecule has 2 fully saturated rings. The highest BCUT2D eigenvalue weighted by Gasteiger charge is 2.52. The molecule has 0 bridgehead atoms. The van der Waals surface area contributed by atoms with Gasteiger partial charge in [-0.05, 0) is 142 Å². The first-order chi connectivity index (χ1) is 40.5. The number of ether oxygens (including phenoxy) is 2. The fourth-order valence-corrected chi connectivity index (χ4v) is 13.4. The van der Waals surface area contributed by atoms with Crippen LogP contribution in [0, 0.1) is 0 Å². The molecular weight excluding hydrogens is 1210 g/mol. The van der Waals surface area contributed by atoms with Crippen molar-refractivity contribution < 1.29 is 38.7 Å². The first kappa shape index (κ1) is 64.2. The molecule has 2 aliphatic heterocycles. The van der Waals surface area contributed by atoms with Gasteiger partial charge < -0.3 is 29.3 Å². The van der Waals surface area contributed by atoms with Gasteiger partial charge in [-0.2, -0.15) is 0 Å². The van der Waals surface area contributed by atoms with Crippen LogP contribution < -0.4 is 5.46 Å². The molecule has 6 aromatic rings. The Morgan fingerprint density at radius 1 is 0.548 bits per heavy atom. The second-order valence-electron chi connectivity index (χ2n) is 21.6. The van der Waals surface area contributed by atoms with Crippen LogP contribution in [0.2, 0.25) is 20.1 Å². The van der Waals surface area contributed by atoms with Gasteiger partial charge in [-0.15, -0.1) is 0 Å². The Morgan fingerprint density at radius 3 is 1.25 bits per heavy atom. The minimum Gasteiger partial charge on any atom is -0.465 e. The fraction of sp³-hybridized carbons (Fsp3) is 0.364. The van der Waals surface area contributed by atoms with Gasteiger partial charge in [0.2, 0.25) is 0 Å². The summed E-state index contributed by atoms with van der Waals surface area (Å²) in [5.74, 6) is -0.751. The normalized spacial score (nSPS) is 16.7. The van der Waals surface area contributed by atoms with Gasteiger partial charge in [-0.3, -0.25) is 19.6 Å². The lowest BCUT2D eigenvalue weighted by Crippen LogP contribution is -2.50. The first-order valence-corrected chi connectivity index (χ1v) is 31.1. The number of methoxy groups -OCH3 is 2. The number of hydrogen-bond donors (Lipinski definition) is 2. The molecule has 440 valence electrons. The van der Waals surface area contributed by atoms with Crippen LogP contribution in [0.1, 0.15) is 172 Å². The van der Waals surface area contributed by atoms with E-state index < -0.39 is 18.4 Å². The highest BCUT2D eigenvalue weighted by molar-refractivity contribution is 9.10. The van der Waals surface area contributed by atoms with E-state index in [0.29, 0.717) is 32.6 Å². The van der Waals surface area contributed by atoms with Crippen molar-refractivity contribution in [3.63, 3.8) is 0 Å². The van der Waals surface area contributed by atoms with Crippen molar-refractivity contribution in [1.82, 2.24) is 9.80 Å². The Morgan fingerprint density at radius 2 is 0.905 bits per heavy atom. The third-order valence-electron chi connectivity index (χ3n) is 16.2. The lowest BCUT2D eigenvalue weighted by Gasteiger charge is -2.44. The second kappa shape index (κ2) is 29.5. The molecule has 2 N–H and O–H groups in total. The minimum absolute atomic E-state index is 0.0115. The van der Waals surface area contributed by atoms with Crippen molar-refractivity contribution in [3.05, 3.63) is 191 Å². The Balaban J connectivity index is 0.000000188. The lowest BCUT2D eigenvalue weighted by molar-refractivity contribution is -0.133. The van der Waals surface area contributed by atoms with E-state index in [2.05, 4.69) is 39.6 Å². The maximum Gasteiger partial charge on any atom is 0.491 e. The number of esters is 2. The number of nitrogens with zero attached hydrogens (tertiary/aromatic N) is 4. The van der Waals surface area contributed by atoms with Crippen molar-refractivity contribution in [3.8, 4) is 11.1 Å². The Hall–Kier alpha value is -5.84. The summed E-state index contributed by atoms with van der Waals surface area (Å²) >= 11 is 27.6. The molecule has 0 unspecified atom stereocenters. The summed E-state index contributed by atoms with van der Waals surface area (Å²) in [7, 11) is 1.15. The van der Waals surface area contributed by atoms with Gasteiger partial charge in [0, 0.05) is 46.7 Å². The summed E-state index contributed by atoms with van der Waals surface area (Å²) in [6.07, 6.45) is 15.8. The maximum atomic E-state index is 14.3. The van der Waals surface area contributed by atoms with Crippen LogP contribution in [0.5, 0.6) is 0 Å². The zero-order chi connectivity index (χ0) is 60.1. The number of aliphatic imine (C=N–C) groups is 2. The van der Waals surface area contributed by atoms with Gasteiger partial charge in [0.05, 0.1) is 37.4 Å². The van der Waals surface area contributed by atoms with E-state index in [1.165, 1.54) is 20.6 Å². The minimum atomic E-state index is -1.61. The van der Waals surface area contributed by atoms with E-state index in [1.54, 1.807) is 42.5 Å². The molecule has 4 aliphatic rings. The third kappa shape index (κ3) is 14.5. The molecule has 2 spiro atoms. The maximum absolute atomic E-state index is 14.3. The molecule has 2 amide bonds. The summed E-state index contributed by atoms with van der Waals surface area (Å²) in [6.45, 7) is 4.33. The predicted octanol–water partition coefficient (Wildman–Crippen LogP) is 15.8. The van der Waals surface area contributed by atoms with Crippen molar-refractivity contribution in [2.24, 2.45) is 9.98 Å². The van der Waals surface area contributed by atoms with Crippen LogP contribution in [-0.4, -0.2) is 87.7 Å². The van der Waals surface area contributed by atoms with E-state index in [-0.39, 0.29) is 51.3 Å². The Bertz CT molecular complexity index is 3290. The van der Waals surface area contributed by atoms with Crippen LogP contribution >= 0.6 is 62.3 Å². The van der Waals surface area contributed by atoms with Gasteiger partial charge >= 0.3 is 19.1 Å². The highest BCUT2D eigenvalue weighted by Crippen LogP contribution is 2.48. The van der Waals surface area contributed by atoms with E-state index in [4.69, 9.17) is 75.9 Å². The van der Waals surface area contributed by atoms with Gasteiger partial charge in [-0.1, -0.05) is 188 Å². The van der Waals surface area contributed by atoms with Crippen LogP contribution in [0.15, 0.2) is 148 Å². The van der Waals surface area contributed by atoms with Gasteiger partial charge in [-0.25, -0.2) is 9.59 Å². The number of halogens is 5. The molecule has 12 nitrogen and oxygen atoms in total. The number of carbonyl (C=O) groups excluding carboxylic acids is 4. The summed E-state index contributed by atoms with van der Waals surface area (Å²) in [5, 5.41) is 19.2. The molecule has 6 aromatic carbocycles. The molecule has 2 aliphatic carbocycles. The fourth-order valence-electron chi connectivity index (χ4n) is 11.9. The number of amides is 2. The van der Waals surface area contributed by atoms with Crippen molar-refractivity contribution in [2.45, 2.75) is 140 Å². The average molecular weight is 1280 g/mol. The zero-order valence-electron chi connectivity index (χ0n) is 47.8. The highest BCUT2D eigenvalue weighted by atomic mass is 79.9. The molecule has 10 rings (SSSR count). The second-order valence-corrected chi connectivity index (χ2v) is 24.1. The molecule has 2 saturated carbocycles. The monoisotopic (exact) mass is 1280 g/mol. The molecule has 2 heterocycles. The van der Waals surface area contributed by atoms with E-state index in [9.17, 15) is 19.2 Å². The number of unbranched alkanes of at least 4 members (excludes halogenated alkanes) is 2. The van der Waals surface area contributed by atoms with Crippen LogP contribution in [-0.2, 0) is 19.1 Å². The molecule has 0 saturated heterocycles. The quantitative estimate of drug-likeness (QED) is 0.0716. The zero-order valence-corrected chi connectivity index (χ0v) is 52.4. The van der Waals surface area contributed by atoms with Crippen LogP contribution in [0.3, 0.4) is 0 Å². The van der Waals surface area contributed by atoms with E-state index in [1.807, 2.05) is 91.0 Å². The molecule has 0 aromatic heterocycles. The number of hydrogen-bond acceptors (Lipinski definition) is 10. The lowest BCUT2D eigenvalue weighted by atomic mass is 9.80. The smallest absolute Gasteiger partial charge is 0.465 e. The summed E-state index contributed by atoms with van der Waals surface area (Å²) in [5.41, 5.74) is 6.56. The number of rotatable bonds is 16. The van der Waals surface area contributed by atoms with Crippen LogP contribution in [0.4, 0.5) is 0 Å². The van der Waals surface area contributed by atoms with Gasteiger partial charge in [0.15, 0.2) is 0 Å². The molecule has 18 heteroatoms. The van der Waals surface area contributed by atoms with Gasteiger partial charge in [0.25, 0.3) is 11.8 Å². The Labute approximate surface area is 521 Å². The average Bonchev–Trinajstić information content (AvgIpc) is 2.53. The first-order valence-electron chi connectivity index (χ1n) is 28.8. The molecule has 0 radical (unpaired) electrons.